The molecule has 0 aliphatic carbocycles. The van der Waals surface area contributed by atoms with E-state index in [-0.39, 0.29) is 5.91 Å². The summed E-state index contributed by atoms with van der Waals surface area (Å²) >= 11 is 0. The number of nitrogens with two attached hydrogens (primary N) is 1. The fraction of sp³-hybridized carbons (Fsp3) is 0.696. The first-order valence-corrected chi connectivity index (χ1v) is 11.0. The van der Waals surface area contributed by atoms with E-state index in [0.717, 1.165) is 64.1 Å². The molecule has 0 spiro atoms. The number of allylic oxidation sites excluding steroid dienone is 4. The van der Waals surface area contributed by atoms with Crippen LogP contribution < -0.4 is 5.73 Å². The molecule has 1 amide bonds. The van der Waals surface area contributed by atoms with Crippen molar-refractivity contribution in [2.45, 2.75) is 58.9 Å². The molecule has 2 atom stereocenters. The first kappa shape index (κ1) is 22.7. The number of hydrogen-bond donors (Lipinski definition) is 1. The number of carbonyl (C=O) groups is 1. The van der Waals surface area contributed by atoms with Crippen molar-refractivity contribution in [3.8, 4) is 0 Å². The van der Waals surface area contributed by atoms with E-state index in [1.54, 1.807) is 0 Å². The van der Waals surface area contributed by atoms with Crippen LogP contribution in [0.15, 0.2) is 35.6 Å². The Labute approximate surface area is 171 Å². The zero-order chi connectivity index (χ0) is 20.4. The molecule has 0 bridgehead atoms. The van der Waals surface area contributed by atoms with E-state index >= 15 is 0 Å². The fourth-order valence-corrected chi connectivity index (χ4v) is 4.00. The van der Waals surface area contributed by atoms with E-state index in [2.05, 4.69) is 50.0 Å². The van der Waals surface area contributed by atoms with Gasteiger partial charge in [0.05, 0.1) is 13.2 Å². The van der Waals surface area contributed by atoms with Crippen molar-refractivity contribution in [2.75, 3.05) is 39.3 Å². The highest BCUT2D eigenvalue weighted by Crippen LogP contribution is 2.26. The lowest BCUT2D eigenvalue weighted by atomic mass is 10.1. The van der Waals surface area contributed by atoms with Gasteiger partial charge in [0, 0.05) is 32.1 Å². The maximum absolute atomic E-state index is 12.8. The standard InChI is InChI=1S/C23H39N3O2/c1-4-6-13-25(14-8-12-24)23(27)18-26-17-20(16-19(26)3)9-7-10-22-21(5-2)11-15-28-22/h5,7,9-10,19-20H,4,6,8,11-18,24H2,1-3H3/b9-7+,21-5-,22-10+/t19-,20+/m0/s1. The minimum absolute atomic E-state index is 0.248. The van der Waals surface area contributed by atoms with Crippen LogP contribution in [-0.2, 0) is 9.53 Å². The molecule has 0 aromatic heterocycles. The molecule has 0 aromatic carbocycles. The number of nitrogens with zero attached hydrogens (tertiary/aromatic N) is 2. The average molecular weight is 390 g/mol. The Hall–Kier alpha value is -1.59. The Morgan fingerprint density at radius 1 is 1.36 bits per heavy atom. The maximum atomic E-state index is 12.8. The van der Waals surface area contributed by atoms with Gasteiger partial charge < -0.3 is 15.4 Å². The van der Waals surface area contributed by atoms with Gasteiger partial charge in [-0.1, -0.05) is 31.6 Å². The Kier molecular flexibility index (Phi) is 9.79. The largest absolute Gasteiger partial charge is 0.493 e. The Morgan fingerprint density at radius 3 is 2.86 bits per heavy atom. The van der Waals surface area contributed by atoms with Crippen LogP contribution in [0.4, 0.5) is 0 Å². The van der Waals surface area contributed by atoms with E-state index in [9.17, 15) is 4.79 Å². The lowest BCUT2D eigenvalue weighted by Gasteiger charge is -2.27. The molecule has 2 aliphatic rings. The van der Waals surface area contributed by atoms with Gasteiger partial charge in [-0.3, -0.25) is 9.69 Å². The summed E-state index contributed by atoms with van der Waals surface area (Å²) in [5.41, 5.74) is 6.94. The molecule has 0 saturated carbocycles. The van der Waals surface area contributed by atoms with Gasteiger partial charge in [0.15, 0.2) is 0 Å². The van der Waals surface area contributed by atoms with Gasteiger partial charge in [-0.25, -0.2) is 0 Å². The number of hydrogen-bond acceptors (Lipinski definition) is 4. The van der Waals surface area contributed by atoms with Crippen molar-refractivity contribution >= 4 is 5.91 Å². The number of rotatable bonds is 10. The first-order chi connectivity index (χ1) is 13.6. The Bertz CT molecular complexity index is 574. The molecule has 2 fully saturated rings. The second kappa shape index (κ2) is 12.1. The molecule has 0 aromatic rings. The number of amides is 1. The van der Waals surface area contributed by atoms with Gasteiger partial charge in [0.2, 0.25) is 5.91 Å². The Morgan fingerprint density at radius 2 is 2.14 bits per heavy atom. The molecular formula is C23H39N3O2. The van der Waals surface area contributed by atoms with Crippen LogP contribution >= 0.6 is 0 Å². The third-order valence-electron chi connectivity index (χ3n) is 5.77. The van der Waals surface area contributed by atoms with Crippen LogP contribution in [0, 0.1) is 5.92 Å². The van der Waals surface area contributed by atoms with Crippen molar-refractivity contribution in [1.29, 1.82) is 0 Å². The predicted molar refractivity (Wildman–Crippen MR) is 116 cm³/mol. The lowest BCUT2D eigenvalue weighted by Crippen LogP contribution is -2.42. The lowest BCUT2D eigenvalue weighted by molar-refractivity contribution is -0.132. The third-order valence-corrected chi connectivity index (χ3v) is 5.77. The van der Waals surface area contributed by atoms with Crippen molar-refractivity contribution in [2.24, 2.45) is 11.7 Å². The average Bonchev–Trinajstić information content (AvgIpc) is 3.28. The first-order valence-electron chi connectivity index (χ1n) is 11.0. The molecule has 5 heteroatoms. The SMILES string of the molecule is C/C=C1/CCO/C1=C/C=C/[C@@H]1C[C@H](C)N(CC(=O)N(CCCC)CCCN)C1. The van der Waals surface area contributed by atoms with Gasteiger partial charge >= 0.3 is 0 Å². The fourth-order valence-electron chi connectivity index (χ4n) is 4.00. The summed E-state index contributed by atoms with van der Waals surface area (Å²) in [4.78, 5) is 17.1. The molecule has 0 radical (unpaired) electrons. The van der Waals surface area contributed by atoms with Crippen molar-refractivity contribution < 1.29 is 9.53 Å². The second-order valence-electron chi connectivity index (χ2n) is 7.98. The zero-order valence-corrected chi connectivity index (χ0v) is 18.0. The topological polar surface area (TPSA) is 58.8 Å². The molecule has 0 unspecified atom stereocenters. The highest BCUT2D eigenvalue weighted by molar-refractivity contribution is 5.78. The van der Waals surface area contributed by atoms with Crippen LogP contribution in [0.25, 0.3) is 0 Å². The minimum atomic E-state index is 0.248. The third kappa shape index (κ3) is 6.78. The van der Waals surface area contributed by atoms with Gasteiger partial charge in [0.1, 0.15) is 5.76 Å². The number of ether oxygens (including phenoxy) is 1. The van der Waals surface area contributed by atoms with Crippen LogP contribution in [0.5, 0.6) is 0 Å². The summed E-state index contributed by atoms with van der Waals surface area (Å²) in [6.45, 7) is 11.0. The van der Waals surface area contributed by atoms with Gasteiger partial charge in [-0.15, -0.1) is 0 Å². The van der Waals surface area contributed by atoms with Crippen LogP contribution in [0.1, 0.15) is 52.9 Å². The molecule has 2 aliphatic heterocycles. The maximum Gasteiger partial charge on any atom is 0.236 e. The molecule has 158 valence electrons. The zero-order valence-electron chi connectivity index (χ0n) is 18.0. The number of unbranched alkanes of at least 4 members (excludes halogenated alkanes) is 1. The van der Waals surface area contributed by atoms with E-state index in [4.69, 9.17) is 10.5 Å². The number of likely N-dealkylation sites (tertiary alicyclic amines) is 1. The predicted octanol–water partition coefficient (Wildman–Crippen LogP) is 3.48. The van der Waals surface area contributed by atoms with Gasteiger partial charge in [-0.2, -0.15) is 0 Å². The van der Waals surface area contributed by atoms with Crippen molar-refractivity contribution in [3.05, 3.63) is 35.6 Å². The summed E-state index contributed by atoms with van der Waals surface area (Å²) in [5, 5.41) is 0. The highest BCUT2D eigenvalue weighted by Gasteiger charge is 2.29. The summed E-state index contributed by atoms with van der Waals surface area (Å²) in [5.74, 6) is 1.74. The molecule has 2 heterocycles. The van der Waals surface area contributed by atoms with Gasteiger partial charge in [-0.05, 0) is 57.2 Å². The summed E-state index contributed by atoms with van der Waals surface area (Å²) in [6.07, 6.45) is 13.8. The van der Waals surface area contributed by atoms with E-state index < -0.39 is 0 Å². The Balaban J connectivity index is 1.87. The van der Waals surface area contributed by atoms with Crippen LogP contribution in [0.2, 0.25) is 0 Å². The molecule has 2 N–H and O–H groups in total. The molecule has 5 nitrogen and oxygen atoms in total. The number of carbonyl (C=O) groups excluding carboxylic acids is 1. The monoisotopic (exact) mass is 389 g/mol. The van der Waals surface area contributed by atoms with Crippen LogP contribution in [-0.4, -0.2) is 61.1 Å². The quantitative estimate of drug-likeness (QED) is 0.621. The highest BCUT2D eigenvalue weighted by atomic mass is 16.5. The molecular weight excluding hydrogens is 350 g/mol. The summed E-state index contributed by atoms with van der Waals surface area (Å²) in [7, 11) is 0. The molecule has 2 saturated heterocycles. The van der Waals surface area contributed by atoms with Crippen molar-refractivity contribution in [1.82, 2.24) is 9.80 Å². The van der Waals surface area contributed by atoms with Gasteiger partial charge in [0.25, 0.3) is 0 Å². The minimum Gasteiger partial charge on any atom is -0.493 e. The van der Waals surface area contributed by atoms with E-state index in [1.165, 1.54) is 5.57 Å². The van der Waals surface area contributed by atoms with E-state index in [1.807, 2.05) is 4.90 Å². The van der Waals surface area contributed by atoms with Crippen LogP contribution in [0.3, 0.4) is 0 Å². The smallest absolute Gasteiger partial charge is 0.236 e. The second-order valence-corrected chi connectivity index (χ2v) is 7.98. The van der Waals surface area contributed by atoms with E-state index in [0.29, 0.717) is 25.0 Å². The summed E-state index contributed by atoms with van der Waals surface area (Å²) < 4.78 is 5.68. The molecule has 2 rings (SSSR count). The van der Waals surface area contributed by atoms with Crippen molar-refractivity contribution in [3.63, 3.8) is 0 Å². The summed E-state index contributed by atoms with van der Waals surface area (Å²) in [6, 6.07) is 0.433. The molecule has 28 heavy (non-hydrogen) atoms. The normalized spacial score (nSPS) is 25.9.